The highest BCUT2D eigenvalue weighted by atomic mass is 127. The topological polar surface area (TPSA) is 36.4 Å². The molecule has 1 fully saturated rings. The molecule has 0 aromatic heterocycles. The molecule has 0 aliphatic heterocycles. The molecule has 3 nitrogen and oxygen atoms in total. The summed E-state index contributed by atoms with van der Waals surface area (Å²) in [5, 5.41) is 6.83. The molecule has 0 heterocycles. The molecule has 0 radical (unpaired) electrons. The predicted octanol–water partition coefficient (Wildman–Crippen LogP) is 3.42. The fourth-order valence-corrected chi connectivity index (χ4v) is 2.97. The van der Waals surface area contributed by atoms with Gasteiger partial charge >= 0.3 is 0 Å². The Balaban J connectivity index is 0.00000242. The Hall–Kier alpha value is -0.690. The molecule has 1 aromatic rings. The largest absolute Gasteiger partial charge is 0.356 e. The van der Waals surface area contributed by atoms with E-state index in [0.717, 1.165) is 30.6 Å². The first kappa shape index (κ1) is 19.4. The van der Waals surface area contributed by atoms with Gasteiger partial charge < -0.3 is 10.6 Å². The molecule has 0 bridgehead atoms. The Bertz CT molecular complexity index is 472. The van der Waals surface area contributed by atoms with E-state index < -0.39 is 0 Å². The number of rotatable bonds is 8. The summed E-state index contributed by atoms with van der Waals surface area (Å²) in [6, 6.07) is 10.8. The molecular formula is C17H26IN3S. The Labute approximate surface area is 155 Å². The first-order valence-corrected chi connectivity index (χ1v) is 8.65. The minimum absolute atomic E-state index is 0. The number of halogens is 1. The van der Waals surface area contributed by atoms with Gasteiger partial charge in [-0.2, -0.15) is 11.8 Å². The second kappa shape index (κ2) is 10.2. The minimum atomic E-state index is 0. The van der Waals surface area contributed by atoms with Gasteiger partial charge in [-0.3, -0.25) is 4.99 Å². The average molecular weight is 431 g/mol. The number of aliphatic imine (C=N–C) groups is 1. The third-order valence-electron chi connectivity index (χ3n) is 3.83. The molecule has 1 saturated carbocycles. The molecule has 1 aromatic carbocycles. The van der Waals surface area contributed by atoms with E-state index in [2.05, 4.69) is 52.5 Å². The quantitative estimate of drug-likeness (QED) is 0.218. The second-order valence-electron chi connectivity index (χ2n) is 5.36. The third kappa shape index (κ3) is 5.83. The smallest absolute Gasteiger partial charge is 0.191 e. The van der Waals surface area contributed by atoms with Gasteiger partial charge in [0, 0.05) is 37.1 Å². The van der Waals surface area contributed by atoms with E-state index in [1.54, 1.807) is 0 Å². The monoisotopic (exact) mass is 431 g/mol. The first-order chi connectivity index (χ1) is 10.3. The van der Waals surface area contributed by atoms with Crippen molar-refractivity contribution in [2.75, 3.05) is 31.6 Å². The number of hydrogen-bond acceptors (Lipinski definition) is 2. The van der Waals surface area contributed by atoms with Crippen molar-refractivity contribution in [1.82, 2.24) is 10.6 Å². The maximum absolute atomic E-state index is 4.30. The van der Waals surface area contributed by atoms with Crippen molar-refractivity contribution >= 4 is 41.7 Å². The summed E-state index contributed by atoms with van der Waals surface area (Å²) in [4.78, 5) is 4.30. The lowest BCUT2D eigenvalue weighted by atomic mass is 9.96. The molecule has 1 aliphatic rings. The Morgan fingerprint density at radius 3 is 2.64 bits per heavy atom. The molecule has 0 amide bonds. The number of guanidine groups is 1. The Morgan fingerprint density at radius 1 is 1.32 bits per heavy atom. The number of nitrogens with zero attached hydrogens (tertiary/aromatic N) is 1. The molecule has 5 heteroatoms. The van der Waals surface area contributed by atoms with E-state index in [4.69, 9.17) is 0 Å². The van der Waals surface area contributed by atoms with Crippen LogP contribution in [0.4, 0.5) is 0 Å². The highest BCUT2D eigenvalue weighted by Crippen LogP contribution is 2.47. The highest BCUT2D eigenvalue weighted by Gasteiger charge is 2.43. The van der Waals surface area contributed by atoms with E-state index in [9.17, 15) is 0 Å². The van der Waals surface area contributed by atoms with Crippen molar-refractivity contribution in [3.05, 3.63) is 48.6 Å². The lowest BCUT2D eigenvalue weighted by Gasteiger charge is -2.19. The van der Waals surface area contributed by atoms with Gasteiger partial charge in [-0.1, -0.05) is 36.4 Å². The Kier molecular flexibility index (Phi) is 8.93. The van der Waals surface area contributed by atoms with Crippen molar-refractivity contribution in [2.24, 2.45) is 4.99 Å². The summed E-state index contributed by atoms with van der Waals surface area (Å²) in [6.45, 7) is 5.61. The summed E-state index contributed by atoms with van der Waals surface area (Å²) in [6.07, 6.45) is 4.46. The lowest BCUT2D eigenvalue weighted by molar-refractivity contribution is 0.648. The average Bonchev–Trinajstić information content (AvgIpc) is 3.32. The molecule has 0 spiro atoms. The number of thioether (sulfide) groups is 1. The van der Waals surface area contributed by atoms with Gasteiger partial charge in [0.05, 0.1) is 0 Å². The number of nitrogens with one attached hydrogen (secondary N) is 2. The highest BCUT2D eigenvalue weighted by molar-refractivity contribution is 14.0. The molecular weight excluding hydrogens is 405 g/mol. The SMILES string of the molecule is C=CCSCCNC(=NC)NCC1(c2ccccc2)CC1.I. The van der Waals surface area contributed by atoms with Gasteiger partial charge in [-0.25, -0.2) is 0 Å². The van der Waals surface area contributed by atoms with Gasteiger partial charge in [0.1, 0.15) is 0 Å². The van der Waals surface area contributed by atoms with E-state index in [0.29, 0.717) is 5.41 Å². The van der Waals surface area contributed by atoms with Crippen molar-refractivity contribution in [1.29, 1.82) is 0 Å². The van der Waals surface area contributed by atoms with E-state index in [1.165, 1.54) is 18.4 Å². The van der Waals surface area contributed by atoms with E-state index in [1.807, 2.05) is 24.9 Å². The van der Waals surface area contributed by atoms with Crippen LogP contribution in [0.1, 0.15) is 18.4 Å². The maximum atomic E-state index is 4.30. The fourth-order valence-electron chi connectivity index (χ4n) is 2.39. The maximum Gasteiger partial charge on any atom is 0.191 e. The van der Waals surface area contributed by atoms with E-state index in [-0.39, 0.29) is 24.0 Å². The molecule has 0 saturated heterocycles. The van der Waals surface area contributed by atoms with Gasteiger partial charge in [0.2, 0.25) is 0 Å². The summed E-state index contributed by atoms with van der Waals surface area (Å²) in [5.41, 5.74) is 1.76. The normalized spacial score (nSPS) is 15.6. The van der Waals surface area contributed by atoms with Crippen LogP contribution < -0.4 is 10.6 Å². The zero-order valence-electron chi connectivity index (χ0n) is 13.2. The van der Waals surface area contributed by atoms with E-state index >= 15 is 0 Å². The van der Waals surface area contributed by atoms with Gasteiger partial charge in [-0.05, 0) is 18.4 Å². The molecule has 0 unspecified atom stereocenters. The molecule has 22 heavy (non-hydrogen) atoms. The lowest BCUT2D eigenvalue weighted by Crippen LogP contribution is -2.42. The molecule has 2 rings (SSSR count). The summed E-state index contributed by atoms with van der Waals surface area (Å²) < 4.78 is 0. The van der Waals surface area contributed by atoms with Crippen LogP contribution in [0.3, 0.4) is 0 Å². The van der Waals surface area contributed by atoms with Crippen LogP contribution >= 0.6 is 35.7 Å². The first-order valence-electron chi connectivity index (χ1n) is 7.49. The summed E-state index contributed by atoms with van der Waals surface area (Å²) in [5.74, 6) is 2.97. The van der Waals surface area contributed by atoms with Crippen LogP contribution in [-0.2, 0) is 5.41 Å². The minimum Gasteiger partial charge on any atom is -0.356 e. The van der Waals surface area contributed by atoms with Crippen molar-refractivity contribution in [2.45, 2.75) is 18.3 Å². The standard InChI is InChI=1S/C17H25N3S.HI/c1-3-12-21-13-11-19-16(18-2)20-14-17(9-10-17)15-7-5-4-6-8-15;/h3-8H,1,9-14H2,2H3,(H2,18,19,20);1H. The van der Waals surface area contributed by atoms with Crippen LogP contribution in [0, 0.1) is 0 Å². The summed E-state index contributed by atoms with van der Waals surface area (Å²) in [7, 11) is 1.83. The zero-order chi connectivity index (χ0) is 15.0. The van der Waals surface area contributed by atoms with Crippen LogP contribution in [0.2, 0.25) is 0 Å². The number of hydrogen-bond donors (Lipinski definition) is 2. The zero-order valence-corrected chi connectivity index (χ0v) is 16.3. The van der Waals surface area contributed by atoms with Crippen molar-refractivity contribution < 1.29 is 0 Å². The molecule has 1 aliphatic carbocycles. The molecule has 0 atom stereocenters. The van der Waals surface area contributed by atoms with Crippen LogP contribution in [0.5, 0.6) is 0 Å². The predicted molar refractivity (Wildman–Crippen MR) is 110 cm³/mol. The van der Waals surface area contributed by atoms with Crippen LogP contribution in [-0.4, -0.2) is 37.6 Å². The third-order valence-corrected chi connectivity index (χ3v) is 4.80. The van der Waals surface area contributed by atoms with Crippen LogP contribution in [0.25, 0.3) is 0 Å². The van der Waals surface area contributed by atoms with Gasteiger partial charge in [-0.15, -0.1) is 30.6 Å². The van der Waals surface area contributed by atoms with Crippen molar-refractivity contribution in [3.8, 4) is 0 Å². The number of benzene rings is 1. The Morgan fingerprint density at radius 2 is 2.05 bits per heavy atom. The van der Waals surface area contributed by atoms with Gasteiger partial charge in [0.25, 0.3) is 0 Å². The van der Waals surface area contributed by atoms with Gasteiger partial charge in [0.15, 0.2) is 5.96 Å². The molecule has 2 N–H and O–H groups in total. The fraction of sp³-hybridized carbons (Fsp3) is 0.471. The van der Waals surface area contributed by atoms with Crippen LogP contribution in [0.15, 0.2) is 48.0 Å². The van der Waals surface area contributed by atoms with Crippen molar-refractivity contribution in [3.63, 3.8) is 0 Å². The summed E-state index contributed by atoms with van der Waals surface area (Å²) >= 11 is 1.88. The molecule has 122 valence electrons. The second-order valence-corrected chi connectivity index (χ2v) is 6.51.